The lowest BCUT2D eigenvalue weighted by Crippen LogP contribution is -2.46. The first-order chi connectivity index (χ1) is 22.9. The molecule has 0 radical (unpaired) electrons. The second-order valence-corrected chi connectivity index (χ2v) is 13.7. The van der Waals surface area contributed by atoms with Gasteiger partial charge in [-0.05, 0) is 62.6 Å². The Balaban J connectivity index is 1.22. The van der Waals surface area contributed by atoms with Gasteiger partial charge in [0.05, 0.1) is 28.5 Å². The van der Waals surface area contributed by atoms with Crippen LogP contribution in [0, 0.1) is 0 Å². The summed E-state index contributed by atoms with van der Waals surface area (Å²) in [4.78, 5) is 31.8. The van der Waals surface area contributed by atoms with Crippen molar-refractivity contribution in [1.29, 1.82) is 0 Å². The SMILES string of the molecule is COc1cc(OC2CCc3c(-c4cccc(NC(=O)c5nc6c(n5C)CCN(C)C6)c4Cl)cccc32)c(Cl)cc1CNC(C)(C)C(=O)O. The minimum Gasteiger partial charge on any atom is -0.496 e. The summed E-state index contributed by atoms with van der Waals surface area (Å²) in [7, 11) is 5.49. The highest BCUT2D eigenvalue weighted by Gasteiger charge is 2.30. The fourth-order valence-electron chi connectivity index (χ4n) is 6.41. The molecule has 0 bridgehead atoms. The largest absolute Gasteiger partial charge is 0.496 e. The average Bonchev–Trinajstić information content (AvgIpc) is 3.62. The van der Waals surface area contributed by atoms with Crippen LogP contribution in [0.3, 0.4) is 0 Å². The topological polar surface area (TPSA) is 118 Å². The highest BCUT2D eigenvalue weighted by Crippen LogP contribution is 2.45. The van der Waals surface area contributed by atoms with Crippen LogP contribution in [0.1, 0.15) is 65.1 Å². The number of carboxylic acids is 1. The van der Waals surface area contributed by atoms with Gasteiger partial charge >= 0.3 is 5.97 Å². The molecule has 2 aliphatic rings. The summed E-state index contributed by atoms with van der Waals surface area (Å²) in [6, 6.07) is 15.2. The van der Waals surface area contributed by atoms with Gasteiger partial charge in [0.1, 0.15) is 23.1 Å². The normalized spacial score (nSPS) is 15.9. The van der Waals surface area contributed by atoms with Crippen molar-refractivity contribution in [1.82, 2.24) is 19.8 Å². The van der Waals surface area contributed by atoms with Gasteiger partial charge in [0.2, 0.25) is 0 Å². The maximum Gasteiger partial charge on any atom is 0.323 e. The maximum atomic E-state index is 13.4. The Morgan fingerprint density at radius 3 is 2.56 bits per heavy atom. The first-order valence-corrected chi connectivity index (χ1v) is 16.6. The van der Waals surface area contributed by atoms with Gasteiger partial charge in [-0.2, -0.15) is 0 Å². The lowest BCUT2D eigenvalue weighted by Gasteiger charge is -2.23. The van der Waals surface area contributed by atoms with E-state index in [2.05, 4.69) is 20.5 Å². The zero-order valence-electron chi connectivity index (χ0n) is 27.6. The lowest BCUT2D eigenvalue weighted by atomic mass is 9.96. The van der Waals surface area contributed by atoms with E-state index in [4.69, 9.17) is 32.7 Å². The number of fused-ring (bicyclic) bond motifs is 2. The Morgan fingerprint density at radius 1 is 1.06 bits per heavy atom. The number of carbonyl (C=O) groups is 2. The molecule has 1 unspecified atom stereocenters. The van der Waals surface area contributed by atoms with Gasteiger partial charge in [-0.25, -0.2) is 4.98 Å². The van der Waals surface area contributed by atoms with E-state index >= 15 is 0 Å². The molecule has 48 heavy (non-hydrogen) atoms. The summed E-state index contributed by atoms with van der Waals surface area (Å²) < 4.78 is 14.0. The standard InChI is InChI=1S/C36H39Cl2N5O5/c1-36(2,35(45)46)39-18-20-16-25(37)31(17-30(20)47-5)48-29-13-12-22-21(8-6-9-23(22)29)24-10-7-11-26(32(24)38)41-34(44)33-40-27-19-42(3)15-14-28(27)43(33)4/h6-11,16-17,29,39H,12-15,18-19H2,1-5H3,(H,41,44)(H,45,46). The zero-order valence-corrected chi connectivity index (χ0v) is 29.1. The number of nitrogens with one attached hydrogen (secondary N) is 2. The van der Waals surface area contributed by atoms with Crippen molar-refractivity contribution in [3.63, 3.8) is 0 Å². The second-order valence-electron chi connectivity index (χ2n) is 12.9. The van der Waals surface area contributed by atoms with Crippen molar-refractivity contribution in [2.75, 3.05) is 26.0 Å². The molecule has 2 heterocycles. The number of hydrogen-bond acceptors (Lipinski definition) is 7. The van der Waals surface area contributed by atoms with Crippen molar-refractivity contribution in [2.24, 2.45) is 7.05 Å². The number of carboxylic acid groups (broad SMARTS) is 1. The molecular weight excluding hydrogens is 653 g/mol. The molecule has 1 aliphatic heterocycles. The highest BCUT2D eigenvalue weighted by molar-refractivity contribution is 6.36. The molecule has 6 rings (SSSR count). The number of anilines is 1. The lowest BCUT2D eigenvalue weighted by molar-refractivity contribution is -0.143. The van der Waals surface area contributed by atoms with Crippen molar-refractivity contribution >= 4 is 40.8 Å². The molecule has 3 aromatic carbocycles. The molecule has 3 N–H and O–H groups in total. The van der Waals surface area contributed by atoms with E-state index < -0.39 is 11.5 Å². The highest BCUT2D eigenvalue weighted by atomic mass is 35.5. The number of benzene rings is 3. The number of likely N-dealkylation sites (N-methyl/N-ethyl adjacent to an activating group) is 1. The van der Waals surface area contributed by atoms with Crippen LogP contribution in [-0.2, 0) is 37.8 Å². The molecule has 4 aromatic rings. The quantitative estimate of drug-likeness (QED) is 0.169. The maximum absolute atomic E-state index is 13.4. The summed E-state index contributed by atoms with van der Waals surface area (Å²) in [5.74, 6) is 0.114. The fourth-order valence-corrected chi connectivity index (χ4v) is 6.91. The number of imidazole rings is 1. The molecule has 1 aliphatic carbocycles. The van der Waals surface area contributed by atoms with Crippen LogP contribution in [0.4, 0.5) is 5.69 Å². The third-order valence-electron chi connectivity index (χ3n) is 9.26. The molecule has 1 aromatic heterocycles. The van der Waals surface area contributed by atoms with E-state index in [1.807, 2.05) is 49.0 Å². The van der Waals surface area contributed by atoms with Crippen molar-refractivity contribution in [2.45, 2.75) is 57.8 Å². The minimum atomic E-state index is -1.12. The Morgan fingerprint density at radius 2 is 1.81 bits per heavy atom. The van der Waals surface area contributed by atoms with Crippen molar-refractivity contribution in [3.8, 4) is 22.6 Å². The number of aromatic nitrogens is 2. The Labute approximate surface area is 290 Å². The monoisotopic (exact) mass is 691 g/mol. The van der Waals surface area contributed by atoms with Gasteiger partial charge in [0, 0.05) is 56.0 Å². The van der Waals surface area contributed by atoms with Gasteiger partial charge in [-0.3, -0.25) is 14.9 Å². The molecule has 0 spiro atoms. The fraction of sp³-hybridized carbons (Fsp3) is 0.361. The summed E-state index contributed by atoms with van der Waals surface area (Å²) in [6.45, 7) is 5.08. The van der Waals surface area contributed by atoms with E-state index in [0.717, 1.165) is 65.0 Å². The van der Waals surface area contributed by atoms with Crippen LogP contribution >= 0.6 is 23.2 Å². The van der Waals surface area contributed by atoms with Gasteiger partial charge < -0.3 is 29.4 Å². The van der Waals surface area contributed by atoms with Gasteiger partial charge in [-0.15, -0.1) is 0 Å². The third kappa shape index (κ3) is 6.50. The molecule has 0 saturated carbocycles. The van der Waals surface area contributed by atoms with Crippen LogP contribution in [-0.4, -0.2) is 57.7 Å². The zero-order chi connectivity index (χ0) is 34.3. The van der Waals surface area contributed by atoms with Crippen LogP contribution in [0.15, 0.2) is 48.5 Å². The number of hydrogen-bond donors (Lipinski definition) is 3. The van der Waals surface area contributed by atoms with Crippen LogP contribution < -0.4 is 20.1 Å². The van der Waals surface area contributed by atoms with E-state index in [1.54, 1.807) is 39.2 Å². The van der Waals surface area contributed by atoms with Crippen LogP contribution in [0.2, 0.25) is 10.0 Å². The summed E-state index contributed by atoms with van der Waals surface area (Å²) >= 11 is 13.7. The first-order valence-electron chi connectivity index (χ1n) is 15.8. The molecular formula is C36H39Cl2N5O5. The Hall–Kier alpha value is -4.09. The minimum absolute atomic E-state index is 0.250. The van der Waals surface area contributed by atoms with E-state index in [0.29, 0.717) is 39.6 Å². The number of aliphatic carboxylic acids is 1. The number of halogens is 2. The number of nitrogens with zero attached hydrogens (tertiary/aromatic N) is 3. The van der Waals surface area contributed by atoms with E-state index in [-0.39, 0.29) is 18.6 Å². The van der Waals surface area contributed by atoms with Crippen LogP contribution in [0.25, 0.3) is 11.1 Å². The predicted octanol–water partition coefficient (Wildman–Crippen LogP) is 6.66. The number of rotatable bonds is 10. The summed E-state index contributed by atoms with van der Waals surface area (Å²) in [5, 5.41) is 16.3. The Kier molecular flexibility index (Phi) is 9.46. The van der Waals surface area contributed by atoms with Gasteiger partial charge in [0.25, 0.3) is 5.91 Å². The smallest absolute Gasteiger partial charge is 0.323 e. The second kappa shape index (κ2) is 13.4. The third-order valence-corrected chi connectivity index (χ3v) is 9.96. The molecule has 1 atom stereocenters. The van der Waals surface area contributed by atoms with Crippen molar-refractivity contribution < 1.29 is 24.2 Å². The molecule has 10 nitrogen and oxygen atoms in total. The Bertz CT molecular complexity index is 1910. The number of carbonyl (C=O) groups excluding carboxylic acids is 1. The van der Waals surface area contributed by atoms with Gasteiger partial charge in [0.15, 0.2) is 5.82 Å². The van der Waals surface area contributed by atoms with Crippen molar-refractivity contribution in [3.05, 3.63) is 92.5 Å². The predicted molar refractivity (Wildman–Crippen MR) is 186 cm³/mol. The number of methoxy groups -OCH3 is 1. The molecule has 12 heteroatoms. The molecule has 0 saturated heterocycles. The van der Waals surface area contributed by atoms with E-state index in [1.165, 1.54) is 0 Å². The number of amides is 1. The van der Waals surface area contributed by atoms with E-state index in [9.17, 15) is 14.7 Å². The van der Waals surface area contributed by atoms with Gasteiger partial charge in [-0.1, -0.05) is 53.5 Å². The molecule has 0 fully saturated rings. The van der Waals surface area contributed by atoms with Crippen LogP contribution in [0.5, 0.6) is 11.5 Å². The number of ether oxygens (including phenoxy) is 2. The average molecular weight is 693 g/mol. The summed E-state index contributed by atoms with van der Waals surface area (Å²) in [5.41, 5.74) is 6.06. The first kappa shape index (κ1) is 33.8. The molecule has 252 valence electrons. The molecule has 1 amide bonds. The summed E-state index contributed by atoms with van der Waals surface area (Å²) in [6.07, 6.45) is 2.08.